The van der Waals surface area contributed by atoms with Crippen molar-refractivity contribution in [2.45, 2.75) is 38.9 Å². The fraction of sp³-hybridized carbons (Fsp3) is 1.00. The van der Waals surface area contributed by atoms with Crippen molar-refractivity contribution in [3.63, 3.8) is 0 Å². The Labute approximate surface area is 105 Å². The van der Waals surface area contributed by atoms with Gasteiger partial charge in [0.15, 0.2) is 0 Å². The van der Waals surface area contributed by atoms with E-state index in [1.165, 1.54) is 0 Å². The first-order valence-corrected chi connectivity index (χ1v) is 6.59. The molecule has 0 aromatic carbocycles. The van der Waals surface area contributed by atoms with Gasteiger partial charge in [0.25, 0.3) is 0 Å². The van der Waals surface area contributed by atoms with Crippen molar-refractivity contribution in [2.24, 2.45) is 0 Å². The molecule has 0 aromatic heterocycles. The van der Waals surface area contributed by atoms with Crippen molar-refractivity contribution in [1.82, 2.24) is 4.90 Å². The molecule has 0 bridgehead atoms. The Morgan fingerprint density at radius 3 is 2.19 bits per heavy atom. The van der Waals surface area contributed by atoms with E-state index in [4.69, 9.17) is 9.47 Å². The van der Waals surface area contributed by atoms with E-state index in [1.54, 1.807) is 0 Å². The molecule has 0 unspecified atom stereocenters. The summed E-state index contributed by atoms with van der Waals surface area (Å²) < 4.78 is 11.5. The number of nitrogens with zero attached hydrogens (tertiary/aromatic N) is 1. The lowest BCUT2D eigenvalue weighted by atomic mass is 9.99. The highest BCUT2D eigenvalue weighted by molar-refractivity contribution is 7.80. The minimum absolute atomic E-state index is 0.0642. The standard InChI is InChI=1S/C12H25NO2S/c1-11(2)9-13(5-6-14-7-8-16)10-12(3,4)15-11/h16H,5-10H2,1-4H3. The van der Waals surface area contributed by atoms with Gasteiger partial charge in [0.2, 0.25) is 0 Å². The highest BCUT2D eigenvalue weighted by atomic mass is 32.1. The monoisotopic (exact) mass is 247 g/mol. The molecule has 0 saturated carbocycles. The summed E-state index contributed by atoms with van der Waals surface area (Å²) in [5.74, 6) is 0.792. The van der Waals surface area contributed by atoms with Crippen molar-refractivity contribution in [2.75, 3.05) is 38.6 Å². The number of morpholine rings is 1. The quantitative estimate of drug-likeness (QED) is 0.592. The molecule has 0 aliphatic carbocycles. The van der Waals surface area contributed by atoms with Crippen molar-refractivity contribution >= 4 is 12.6 Å². The second-order valence-electron chi connectivity index (χ2n) is 5.67. The summed E-state index contributed by atoms with van der Waals surface area (Å²) >= 11 is 4.12. The van der Waals surface area contributed by atoms with Gasteiger partial charge >= 0.3 is 0 Å². The van der Waals surface area contributed by atoms with E-state index in [1.807, 2.05) is 0 Å². The molecule has 1 aliphatic heterocycles. The summed E-state index contributed by atoms with van der Waals surface area (Å²) in [5.41, 5.74) is -0.128. The zero-order valence-electron chi connectivity index (χ0n) is 11.0. The fourth-order valence-electron chi connectivity index (χ4n) is 2.46. The molecule has 1 saturated heterocycles. The molecule has 1 rings (SSSR count). The lowest BCUT2D eigenvalue weighted by Gasteiger charge is -2.47. The zero-order chi connectivity index (χ0) is 12.2. The molecular weight excluding hydrogens is 222 g/mol. The number of rotatable bonds is 5. The number of ether oxygens (including phenoxy) is 2. The SMILES string of the molecule is CC1(C)CN(CCOCCS)CC(C)(C)O1. The van der Waals surface area contributed by atoms with Gasteiger partial charge in [-0.05, 0) is 27.7 Å². The Bertz CT molecular complexity index is 203. The average Bonchev–Trinajstić information content (AvgIpc) is 2.07. The number of hydrogen-bond donors (Lipinski definition) is 1. The smallest absolute Gasteiger partial charge is 0.0760 e. The van der Waals surface area contributed by atoms with Crippen LogP contribution in [0.4, 0.5) is 0 Å². The van der Waals surface area contributed by atoms with Gasteiger partial charge < -0.3 is 9.47 Å². The van der Waals surface area contributed by atoms with Gasteiger partial charge in [0.1, 0.15) is 0 Å². The normalized spacial score (nSPS) is 24.6. The molecule has 3 nitrogen and oxygen atoms in total. The molecule has 0 radical (unpaired) electrons. The Hall–Kier alpha value is 0.230. The fourth-order valence-corrected chi connectivity index (χ4v) is 2.59. The van der Waals surface area contributed by atoms with Crippen LogP contribution >= 0.6 is 12.6 Å². The molecule has 1 aliphatic rings. The third-order valence-electron chi connectivity index (χ3n) is 2.55. The van der Waals surface area contributed by atoms with Crippen LogP contribution in [0.2, 0.25) is 0 Å². The Balaban J connectivity index is 2.36. The van der Waals surface area contributed by atoms with Gasteiger partial charge in [-0.25, -0.2) is 0 Å². The summed E-state index contributed by atoms with van der Waals surface area (Å²) in [6.07, 6.45) is 0. The zero-order valence-corrected chi connectivity index (χ0v) is 11.8. The maximum Gasteiger partial charge on any atom is 0.0760 e. The summed E-state index contributed by atoms with van der Waals surface area (Å²) in [7, 11) is 0. The van der Waals surface area contributed by atoms with Crippen LogP contribution in [0.15, 0.2) is 0 Å². The van der Waals surface area contributed by atoms with Crippen LogP contribution in [-0.2, 0) is 9.47 Å². The Kier molecular flexibility index (Phi) is 5.10. The molecule has 0 spiro atoms. The molecule has 0 aromatic rings. The van der Waals surface area contributed by atoms with Crippen LogP contribution in [-0.4, -0.2) is 54.7 Å². The third-order valence-corrected chi connectivity index (χ3v) is 2.73. The summed E-state index contributed by atoms with van der Waals surface area (Å²) in [4.78, 5) is 2.42. The van der Waals surface area contributed by atoms with Gasteiger partial charge in [0, 0.05) is 25.4 Å². The molecule has 0 N–H and O–H groups in total. The molecule has 1 heterocycles. The van der Waals surface area contributed by atoms with Crippen LogP contribution in [0, 0.1) is 0 Å². The van der Waals surface area contributed by atoms with Crippen molar-refractivity contribution < 1.29 is 9.47 Å². The topological polar surface area (TPSA) is 21.7 Å². The second kappa shape index (κ2) is 5.71. The van der Waals surface area contributed by atoms with Crippen molar-refractivity contribution in [3.05, 3.63) is 0 Å². The van der Waals surface area contributed by atoms with E-state index in [9.17, 15) is 0 Å². The molecule has 4 heteroatoms. The molecular formula is C12H25NO2S. The van der Waals surface area contributed by atoms with E-state index in [-0.39, 0.29) is 11.2 Å². The molecule has 96 valence electrons. The first-order valence-electron chi connectivity index (χ1n) is 5.96. The number of thiol groups is 1. The van der Waals surface area contributed by atoms with E-state index in [2.05, 4.69) is 45.2 Å². The Morgan fingerprint density at radius 1 is 1.12 bits per heavy atom. The van der Waals surface area contributed by atoms with Crippen LogP contribution in [0.3, 0.4) is 0 Å². The maximum atomic E-state index is 6.02. The second-order valence-corrected chi connectivity index (χ2v) is 6.12. The van der Waals surface area contributed by atoms with Gasteiger partial charge in [-0.15, -0.1) is 0 Å². The average molecular weight is 247 g/mol. The lowest BCUT2D eigenvalue weighted by molar-refractivity contribution is -0.181. The minimum Gasteiger partial charge on any atom is -0.379 e. The largest absolute Gasteiger partial charge is 0.379 e. The first-order chi connectivity index (χ1) is 7.35. The van der Waals surface area contributed by atoms with E-state index in [0.717, 1.165) is 38.6 Å². The van der Waals surface area contributed by atoms with E-state index < -0.39 is 0 Å². The molecule has 1 fully saturated rings. The maximum absolute atomic E-state index is 6.02. The lowest BCUT2D eigenvalue weighted by Crippen LogP contribution is -2.57. The highest BCUT2D eigenvalue weighted by Crippen LogP contribution is 2.27. The van der Waals surface area contributed by atoms with Crippen LogP contribution in [0.1, 0.15) is 27.7 Å². The van der Waals surface area contributed by atoms with Crippen LogP contribution in [0.5, 0.6) is 0 Å². The van der Waals surface area contributed by atoms with Gasteiger partial charge in [-0.2, -0.15) is 12.6 Å². The molecule has 16 heavy (non-hydrogen) atoms. The van der Waals surface area contributed by atoms with Crippen LogP contribution < -0.4 is 0 Å². The third kappa shape index (κ3) is 5.04. The number of hydrogen-bond acceptors (Lipinski definition) is 4. The Morgan fingerprint density at radius 2 is 1.69 bits per heavy atom. The van der Waals surface area contributed by atoms with Crippen molar-refractivity contribution in [1.29, 1.82) is 0 Å². The summed E-state index contributed by atoms with van der Waals surface area (Å²) in [5, 5.41) is 0. The van der Waals surface area contributed by atoms with Gasteiger partial charge in [-0.3, -0.25) is 4.90 Å². The van der Waals surface area contributed by atoms with Crippen LogP contribution in [0.25, 0.3) is 0 Å². The predicted molar refractivity (Wildman–Crippen MR) is 70.4 cm³/mol. The van der Waals surface area contributed by atoms with Gasteiger partial charge in [-0.1, -0.05) is 0 Å². The van der Waals surface area contributed by atoms with Gasteiger partial charge in [0.05, 0.1) is 24.4 Å². The summed E-state index contributed by atoms with van der Waals surface area (Å²) in [6.45, 7) is 13.0. The molecule has 0 atom stereocenters. The van der Waals surface area contributed by atoms with Crippen molar-refractivity contribution in [3.8, 4) is 0 Å². The summed E-state index contributed by atoms with van der Waals surface area (Å²) in [6, 6.07) is 0. The van der Waals surface area contributed by atoms with E-state index in [0.29, 0.717) is 0 Å². The highest BCUT2D eigenvalue weighted by Gasteiger charge is 2.37. The molecule has 0 amide bonds. The van der Waals surface area contributed by atoms with E-state index >= 15 is 0 Å². The first kappa shape index (κ1) is 14.3. The minimum atomic E-state index is -0.0642. The predicted octanol–water partition coefficient (Wildman–Crippen LogP) is 1.82.